The molecule has 8 heteroatoms. The van der Waals surface area contributed by atoms with Crippen molar-refractivity contribution in [1.29, 1.82) is 0 Å². The number of fused-ring (bicyclic) bond motifs is 2. The summed E-state index contributed by atoms with van der Waals surface area (Å²) in [5.74, 6) is -2.25. The largest absolute Gasteiger partial charge is 0.426 e. The summed E-state index contributed by atoms with van der Waals surface area (Å²) in [4.78, 5) is 0. The van der Waals surface area contributed by atoms with Gasteiger partial charge in [0.05, 0.1) is 0 Å². The normalized spacial score (nSPS) is 30.8. The minimum atomic E-state index is -5.54. The Bertz CT molecular complexity index is 378. The Balaban J connectivity index is 2.41. The number of hydrogen-bond acceptors (Lipinski definition) is 2. The second-order valence-corrected chi connectivity index (χ2v) is 6.15. The second-order valence-electron chi connectivity index (χ2n) is 6.15. The average Bonchev–Trinajstić information content (AvgIpc) is 2.95. The minimum Gasteiger partial charge on any atom is -0.353 e. The van der Waals surface area contributed by atoms with E-state index in [4.69, 9.17) is 4.74 Å². The summed E-state index contributed by atoms with van der Waals surface area (Å²) in [6.07, 6.45) is -11.2. The molecule has 2 saturated carbocycles. The number of halogens is 6. The first-order valence-electron chi connectivity index (χ1n) is 7.45. The number of alkyl halides is 6. The second kappa shape index (κ2) is 5.85. The highest BCUT2D eigenvalue weighted by molar-refractivity contribution is 5.08. The summed E-state index contributed by atoms with van der Waals surface area (Å²) in [5.41, 5.74) is -4.14. The third-order valence-electron chi connectivity index (χ3n) is 4.86. The van der Waals surface area contributed by atoms with Crippen molar-refractivity contribution >= 4 is 0 Å². The van der Waals surface area contributed by atoms with E-state index in [9.17, 15) is 26.3 Å². The Labute approximate surface area is 125 Å². The molecule has 2 aliphatic carbocycles. The van der Waals surface area contributed by atoms with Gasteiger partial charge in [0.2, 0.25) is 0 Å². The van der Waals surface area contributed by atoms with Crippen molar-refractivity contribution in [2.75, 3.05) is 6.61 Å². The predicted molar refractivity (Wildman–Crippen MR) is 66.0 cm³/mol. The third kappa shape index (κ3) is 2.84. The molecule has 0 aromatic rings. The van der Waals surface area contributed by atoms with Crippen LogP contribution in [0.3, 0.4) is 0 Å². The van der Waals surface area contributed by atoms with Crippen LogP contribution in [0.1, 0.15) is 39.5 Å². The van der Waals surface area contributed by atoms with Crippen LogP contribution in [0, 0.1) is 17.8 Å². The van der Waals surface area contributed by atoms with Gasteiger partial charge >= 0.3 is 12.4 Å². The van der Waals surface area contributed by atoms with Gasteiger partial charge in [-0.1, -0.05) is 6.42 Å². The molecule has 0 aromatic heterocycles. The summed E-state index contributed by atoms with van der Waals surface area (Å²) >= 11 is 0. The molecule has 2 aliphatic rings. The molecule has 0 saturated heterocycles. The van der Waals surface area contributed by atoms with Gasteiger partial charge < -0.3 is 9.47 Å². The molecule has 0 N–H and O–H groups in total. The first-order valence-corrected chi connectivity index (χ1v) is 7.45. The van der Waals surface area contributed by atoms with Crippen molar-refractivity contribution in [1.82, 2.24) is 0 Å². The molecule has 0 heterocycles. The average molecular weight is 334 g/mol. The Morgan fingerprint density at radius 3 is 1.95 bits per heavy atom. The quantitative estimate of drug-likeness (QED) is 0.537. The summed E-state index contributed by atoms with van der Waals surface area (Å²) in [7, 11) is 0. The standard InChI is InChI=1S/C14H20F6O2/c1-3-21-8(2)22-12(13(15,16)17,14(18,19)20)11-7-9-4-5-10(11)6-9/h8-11H,3-7H2,1-2H3. The molecule has 22 heavy (non-hydrogen) atoms. The van der Waals surface area contributed by atoms with E-state index in [1.807, 2.05) is 0 Å². The zero-order valence-corrected chi connectivity index (χ0v) is 12.4. The Morgan fingerprint density at radius 2 is 1.59 bits per heavy atom. The SMILES string of the molecule is CCOC(C)OC(C1CC2CCC1C2)(C(F)(F)F)C(F)(F)F. The van der Waals surface area contributed by atoms with Gasteiger partial charge in [-0.2, -0.15) is 26.3 Å². The van der Waals surface area contributed by atoms with Gasteiger partial charge in [0.1, 0.15) is 0 Å². The maximum atomic E-state index is 13.5. The Hall–Kier alpha value is -0.500. The lowest BCUT2D eigenvalue weighted by Crippen LogP contribution is -2.65. The monoisotopic (exact) mass is 334 g/mol. The highest BCUT2D eigenvalue weighted by Crippen LogP contribution is 2.61. The van der Waals surface area contributed by atoms with Crippen LogP contribution in [0.25, 0.3) is 0 Å². The van der Waals surface area contributed by atoms with Gasteiger partial charge in [0, 0.05) is 12.5 Å². The van der Waals surface area contributed by atoms with Crippen molar-refractivity contribution in [2.45, 2.75) is 63.8 Å². The zero-order valence-electron chi connectivity index (χ0n) is 12.4. The predicted octanol–water partition coefficient (Wildman–Crippen LogP) is 4.69. The maximum Gasteiger partial charge on any atom is 0.426 e. The lowest BCUT2D eigenvalue weighted by atomic mass is 9.75. The van der Waals surface area contributed by atoms with Crippen LogP contribution in [0.2, 0.25) is 0 Å². The van der Waals surface area contributed by atoms with Crippen molar-refractivity contribution in [2.24, 2.45) is 17.8 Å². The van der Waals surface area contributed by atoms with Gasteiger partial charge in [-0.25, -0.2) is 0 Å². The molecule has 130 valence electrons. The van der Waals surface area contributed by atoms with Gasteiger partial charge in [0.25, 0.3) is 5.60 Å². The fourth-order valence-electron chi connectivity index (χ4n) is 4.08. The highest BCUT2D eigenvalue weighted by atomic mass is 19.4. The summed E-state index contributed by atoms with van der Waals surface area (Å²) < 4.78 is 90.7. The molecule has 2 bridgehead atoms. The summed E-state index contributed by atoms with van der Waals surface area (Å²) in [5, 5.41) is 0. The lowest BCUT2D eigenvalue weighted by molar-refractivity contribution is -0.425. The first kappa shape index (κ1) is 17.8. The molecule has 0 spiro atoms. The minimum absolute atomic E-state index is 0.0241. The number of hydrogen-bond donors (Lipinski definition) is 0. The van der Waals surface area contributed by atoms with Gasteiger partial charge in [-0.05, 0) is 44.9 Å². The Morgan fingerprint density at radius 1 is 1.00 bits per heavy atom. The first-order chi connectivity index (χ1) is 10.0. The number of ether oxygens (including phenoxy) is 2. The van der Waals surface area contributed by atoms with Gasteiger partial charge in [-0.3, -0.25) is 0 Å². The third-order valence-corrected chi connectivity index (χ3v) is 4.86. The van der Waals surface area contributed by atoms with E-state index in [-0.39, 0.29) is 18.9 Å². The van der Waals surface area contributed by atoms with E-state index >= 15 is 0 Å². The topological polar surface area (TPSA) is 18.5 Å². The Kier molecular flexibility index (Phi) is 4.75. The molecule has 4 atom stereocenters. The van der Waals surface area contributed by atoms with E-state index in [2.05, 4.69) is 4.74 Å². The van der Waals surface area contributed by atoms with E-state index in [0.29, 0.717) is 19.3 Å². The lowest BCUT2D eigenvalue weighted by Gasteiger charge is -2.45. The molecule has 4 unspecified atom stereocenters. The fraction of sp³-hybridized carbons (Fsp3) is 1.00. The molecular weight excluding hydrogens is 314 g/mol. The van der Waals surface area contributed by atoms with Gasteiger partial charge in [-0.15, -0.1) is 0 Å². The van der Waals surface area contributed by atoms with Crippen LogP contribution in [0.4, 0.5) is 26.3 Å². The maximum absolute atomic E-state index is 13.5. The molecule has 0 radical (unpaired) electrons. The van der Waals surface area contributed by atoms with Crippen molar-refractivity contribution in [3.8, 4) is 0 Å². The van der Waals surface area contributed by atoms with E-state index in [1.165, 1.54) is 6.92 Å². The van der Waals surface area contributed by atoms with E-state index < -0.39 is 36.1 Å². The zero-order chi connectivity index (χ0) is 16.8. The van der Waals surface area contributed by atoms with Gasteiger partial charge in [0.15, 0.2) is 6.29 Å². The van der Waals surface area contributed by atoms with Crippen molar-refractivity contribution < 1.29 is 35.8 Å². The summed E-state index contributed by atoms with van der Waals surface area (Å²) in [6, 6.07) is 0. The van der Waals surface area contributed by atoms with Crippen LogP contribution >= 0.6 is 0 Å². The van der Waals surface area contributed by atoms with Crippen molar-refractivity contribution in [3.63, 3.8) is 0 Å². The molecule has 2 nitrogen and oxygen atoms in total. The highest BCUT2D eigenvalue weighted by Gasteiger charge is 2.78. The smallest absolute Gasteiger partial charge is 0.353 e. The molecule has 0 aliphatic heterocycles. The van der Waals surface area contributed by atoms with Crippen LogP contribution in [0.5, 0.6) is 0 Å². The van der Waals surface area contributed by atoms with Crippen LogP contribution < -0.4 is 0 Å². The van der Waals surface area contributed by atoms with Crippen LogP contribution in [-0.4, -0.2) is 30.9 Å². The van der Waals surface area contributed by atoms with Crippen LogP contribution in [0.15, 0.2) is 0 Å². The molecule has 0 aromatic carbocycles. The fourth-order valence-corrected chi connectivity index (χ4v) is 4.08. The summed E-state index contributed by atoms with van der Waals surface area (Å²) in [6.45, 7) is 2.53. The van der Waals surface area contributed by atoms with E-state index in [0.717, 1.165) is 6.92 Å². The van der Waals surface area contributed by atoms with Crippen molar-refractivity contribution in [3.05, 3.63) is 0 Å². The molecular formula is C14H20F6O2. The number of rotatable bonds is 5. The van der Waals surface area contributed by atoms with Crippen LogP contribution in [-0.2, 0) is 9.47 Å². The molecule has 0 amide bonds. The molecule has 2 fully saturated rings. The molecule has 2 rings (SSSR count). The van der Waals surface area contributed by atoms with E-state index in [1.54, 1.807) is 0 Å².